The fraction of sp³-hybridized carbons (Fsp3) is 0.231. The third-order valence-corrected chi connectivity index (χ3v) is 3.23. The molecule has 0 radical (unpaired) electrons. The van der Waals surface area contributed by atoms with E-state index in [4.69, 9.17) is 17.5 Å². The molecule has 0 spiro atoms. The fourth-order valence-electron chi connectivity index (χ4n) is 1.96. The Balaban J connectivity index is 2.48. The fourth-order valence-corrected chi connectivity index (χ4v) is 2.27. The number of rotatable bonds is 1. The van der Waals surface area contributed by atoms with E-state index >= 15 is 0 Å². The van der Waals surface area contributed by atoms with Crippen LogP contribution < -0.4 is 5.32 Å². The van der Waals surface area contributed by atoms with Crippen LogP contribution >= 0.6 is 12.2 Å². The summed E-state index contributed by atoms with van der Waals surface area (Å²) in [6, 6.07) is 10.5. The Kier molecular flexibility index (Phi) is 3.58. The monoisotopic (exact) mass is 282 g/mol. The van der Waals surface area contributed by atoms with Crippen LogP contribution in [0.15, 0.2) is 42.1 Å². The first-order chi connectivity index (χ1) is 8.93. The zero-order valence-electron chi connectivity index (χ0n) is 9.61. The summed E-state index contributed by atoms with van der Waals surface area (Å²) in [5.74, 6) is -1.47. The Labute approximate surface area is 113 Å². The molecule has 98 valence electrons. The zero-order valence-corrected chi connectivity index (χ0v) is 10.4. The van der Waals surface area contributed by atoms with E-state index in [1.807, 2.05) is 6.07 Å². The summed E-state index contributed by atoms with van der Waals surface area (Å²) < 4.78 is 38.3. The molecule has 0 amide bonds. The molecule has 1 aliphatic rings. The Bertz CT molecular complexity index is 557. The number of thiocarbonyl (C=S) groups is 1. The Morgan fingerprint density at radius 2 is 1.84 bits per heavy atom. The smallest absolute Gasteiger partial charge is 0.345 e. The lowest BCUT2D eigenvalue weighted by Gasteiger charge is -2.29. The molecule has 19 heavy (non-hydrogen) atoms. The maximum atomic E-state index is 12.8. The number of nitrogens with zero attached hydrogens (tertiary/aromatic N) is 1. The van der Waals surface area contributed by atoms with Crippen molar-refractivity contribution in [3.05, 3.63) is 47.7 Å². The molecule has 1 aromatic rings. The summed E-state index contributed by atoms with van der Waals surface area (Å²) in [7, 11) is 0. The molecule has 2 nitrogen and oxygen atoms in total. The van der Waals surface area contributed by atoms with Crippen LogP contribution in [0.5, 0.6) is 0 Å². The molecule has 0 saturated heterocycles. The normalized spacial score (nSPS) is 23.3. The van der Waals surface area contributed by atoms with Crippen LogP contribution in [0, 0.1) is 17.2 Å². The summed E-state index contributed by atoms with van der Waals surface area (Å²) in [4.78, 5) is -0.0915. The first-order valence-electron chi connectivity index (χ1n) is 5.48. The Hall–Kier alpha value is -1.87. The number of allylic oxidation sites excluding steroid dienone is 2. The molecule has 1 N–H and O–H groups in total. The van der Waals surface area contributed by atoms with Gasteiger partial charge in [-0.1, -0.05) is 42.5 Å². The van der Waals surface area contributed by atoms with Crippen LogP contribution in [0.4, 0.5) is 13.2 Å². The van der Waals surface area contributed by atoms with Gasteiger partial charge in [0, 0.05) is 5.92 Å². The summed E-state index contributed by atoms with van der Waals surface area (Å²) in [6.45, 7) is 0. The Morgan fingerprint density at radius 1 is 1.21 bits per heavy atom. The predicted molar refractivity (Wildman–Crippen MR) is 68.2 cm³/mol. The predicted octanol–water partition coefficient (Wildman–Crippen LogP) is 3.29. The minimum atomic E-state index is -4.50. The van der Waals surface area contributed by atoms with Gasteiger partial charge in [0.15, 0.2) is 0 Å². The van der Waals surface area contributed by atoms with E-state index < -0.39 is 23.7 Å². The van der Waals surface area contributed by atoms with Crippen molar-refractivity contribution in [1.82, 2.24) is 5.32 Å². The second kappa shape index (κ2) is 5.02. The number of hydrogen-bond donors (Lipinski definition) is 1. The van der Waals surface area contributed by atoms with Crippen LogP contribution in [0.3, 0.4) is 0 Å². The number of alkyl halides is 3. The molecule has 1 aromatic carbocycles. The molecular weight excluding hydrogens is 273 g/mol. The van der Waals surface area contributed by atoms with Gasteiger partial charge >= 0.3 is 6.18 Å². The quantitative estimate of drug-likeness (QED) is 0.803. The Morgan fingerprint density at radius 3 is 2.37 bits per heavy atom. The minimum Gasteiger partial charge on any atom is -0.345 e. The molecule has 1 aliphatic heterocycles. The van der Waals surface area contributed by atoms with Crippen molar-refractivity contribution in [3.8, 4) is 6.07 Å². The third kappa shape index (κ3) is 2.76. The first-order valence-corrected chi connectivity index (χ1v) is 5.88. The molecule has 0 aromatic heterocycles. The molecule has 0 saturated carbocycles. The molecule has 2 unspecified atom stereocenters. The van der Waals surface area contributed by atoms with Crippen molar-refractivity contribution in [2.75, 3.05) is 0 Å². The number of hydrogen-bond acceptors (Lipinski definition) is 2. The van der Waals surface area contributed by atoms with E-state index in [2.05, 4.69) is 5.32 Å². The molecule has 1 heterocycles. The van der Waals surface area contributed by atoms with Crippen LogP contribution in [0.1, 0.15) is 11.5 Å². The average molecular weight is 282 g/mol. The van der Waals surface area contributed by atoms with E-state index in [1.54, 1.807) is 30.3 Å². The number of nitriles is 1. The first kappa shape index (κ1) is 13.6. The summed E-state index contributed by atoms with van der Waals surface area (Å²) in [6.07, 6.45) is -3.48. The van der Waals surface area contributed by atoms with E-state index in [1.165, 1.54) is 0 Å². The van der Waals surface area contributed by atoms with Gasteiger partial charge in [0.1, 0.15) is 11.6 Å². The van der Waals surface area contributed by atoms with Gasteiger partial charge in [-0.2, -0.15) is 18.4 Å². The van der Waals surface area contributed by atoms with Gasteiger partial charge in [0.2, 0.25) is 0 Å². The number of benzene rings is 1. The van der Waals surface area contributed by atoms with Crippen molar-refractivity contribution >= 4 is 17.2 Å². The SMILES string of the molecule is N#CC1C(=S)NC(C(F)(F)F)=CC1c1ccccc1. The second-order valence-corrected chi connectivity index (χ2v) is 4.55. The maximum absolute atomic E-state index is 12.8. The zero-order chi connectivity index (χ0) is 14.0. The van der Waals surface area contributed by atoms with Gasteiger partial charge in [0.25, 0.3) is 0 Å². The molecule has 2 atom stereocenters. The van der Waals surface area contributed by atoms with E-state index in [0.717, 1.165) is 6.08 Å². The highest BCUT2D eigenvalue weighted by molar-refractivity contribution is 7.80. The lowest BCUT2D eigenvalue weighted by Crippen LogP contribution is -2.40. The average Bonchev–Trinajstić information content (AvgIpc) is 2.37. The highest BCUT2D eigenvalue weighted by Gasteiger charge is 2.41. The van der Waals surface area contributed by atoms with E-state index in [9.17, 15) is 13.2 Å². The molecule has 0 aliphatic carbocycles. The van der Waals surface area contributed by atoms with Crippen molar-refractivity contribution in [3.63, 3.8) is 0 Å². The van der Waals surface area contributed by atoms with Gasteiger partial charge < -0.3 is 5.32 Å². The van der Waals surface area contributed by atoms with E-state index in [0.29, 0.717) is 5.56 Å². The number of nitrogens with one attached hydrogen (secondary N) is 1. The van der Waals surface area contributed by atoms with Crippen LogP contribution in [0.2, 0.25) is 0 Å². The summed E-state index contributed by atoms with van der Waals surface area (Å²) >= 11 is 4.87. The van der Waals surface area contributed by atoms with Gasteiger partial charge in [-0.25, -0.2) is 0 Å². The number of halogens is 3. The summed E-state index contributed by atoms with van der Waals surface area (Å²) in [5, 5.41) is 11.2. The third-order valence-electron chi connectivity index (χ3n) is 2.87. The maximum Gasteiger partial charge on any atom is 0.430 e. The minimum absolute atomic E-state index is 0.0915. The highest BCUT2D eigenvalue weighted by atomic mass is 32.1. The topological polar surface area (TPSA) is 35.8 Å². The van der Waals surface area contributed by atoms with E-state index in [-0.39, 0.29) is 4.99 Å². The molecule has 6 heteroatoms. The molecule has 0 fully saturated rings. The molecule has 2 rings (SSSR count). The standard InChI is InChI=1S/C13H9F3N2S/c14-13(15,16)11-6-9(8-4-2-1-3-5-8)10(7-17)12(19)18-11/h1-6,9-10H,(H,18,19). The lowest BCUT2D eigenvalue weighted by molar-refractivity contribution is -0.0956. The molecular formula is C13H9F3N2S. The van der Waals surface area contributed by atoms with Gasteiger partial charge in [-0.15, -0.1) is 0 Å². The lowest BCUT2D eigenvalue weighted by atomic mass is 9.83. The highest BCUT2D eigenvalue weighted by Crippen LogP contribution is 2.35. The van der Waals surface area contributed by atoms with Crippen LogP contribution in [-0.2, 0) is 0 Å². The van der Waals surface area contributed by atoms with Crippen molar-refractivity contribution < 1.29 is 13.2 Å². The van der Waals surface area contributed by atoms with Crippen molar-refractivity contribution in [1.29, 1.82) is 5.26 Å². The summed E-state index contributed by atoms with van der Waals surface area (Å²) in [5.41, 5.74) is -0.266. The van der Waals surface area contributed by atoms with Gasteiger partial charge in [0.05, 0.1) is 11.1 Å². The van der Waals surface area contributed by atoms with Crippen LogP contribution in [-0.4, -0.2) is 11.2 Å². The van der Waals surface area contributed by atoms with Crippen molar-refractivity contribution in [2.45, 2.75) is 12.1 Å². The molecule has 0 bridgehead atoms. The second-order valence-electron chi connectivity index (χ2n) is 4.11. The van der Waals surface area contributed by atoms with Crippen LogP contribution in [0.25, 0.3) is 0 Å². The van der Waals surface area contributed by atoms with Gasteiger partial charge in [-0.3, -0.25) is 0 Å². The van der Waals surface area contributed by atoms with Gasteiger partial charge in [-0.05, 0) is 11.6 Å². The van der Waals surface area contributed by atoms with Crippen molar-refractivity contribution in [2.24, 2.45) is 5.92 Å². The largest absolute Gasteiger partial charge is 0.430 e.